The van der Waals surface area contributed by atoms with Crippen LogP contribution in [-0.4, -0.2) is 15.0 Å². The van der Waals surface area contributed by atoms with E-state index in [1.807, 2.05) is 30.3 Å². The predicted molar refractivity (Wildman–Crippen MR) is 184 cm³/mol. The van der Waals surface area contributed by atoms with Gasteiger partial charge in [0.15, 0.2) is 17.5 Å². The molecule has 0 spiro atoms. The maximum absolute atomic E-state index is 9.35. The first-order valence-corrected chi connectivity index (χ1v) is 16.5. The normalized spacial score (nSPS) is 23.1. The monoisotopic (exact) mass is 590 g/mol. The van der Waals surface area contributed by atoms with Crippen molar-refractivity contribution in [2.45, 2.75) is 77.6 Å². The second-order valence-electron chi connectivity index (χ2n) is 15.0. The minimum atomic E-state index is 0.0674. The van der Waals surface area contributed by atoms with E-state index in [0.29, 0.717) is 28.5 Å². The number of nitriles is 1. The molecular formula is C41H42N4. The molecule has 0 saturated heterocycles. The Morgan fingerprint density at radius 3 is 1.73 bits per heavy atom. The molecule has 1 aromatic heterocycles. The molecule has 4 aromatic carbocycles. The van der Waals surface area contributed by atoms with Gasteiger partial charge < -0.3 is 0 Å². The number of rotatable bonds is 4. The standard InChI is InChI=1S/C41H42N4/c1-26-18-29-19-27(2)23-41(22-26,24-29)36-16-12-31(13-17-36)38-43-37(30-10-14-35(15-11-30)40(3,4)5)44-39(45-38)34-9-8-32-20-28(25-42)6-7-33(32)21-34/h6-17,20-21,26-27,29H,18-19,22-24H2,1-5H3/t26-,27+,29?,41?. The van der Waals surface area contributed by atoms with Gasteiger partial charge in [-0.2, -0.15) is 5.26 Å². The van der Waals surface area contributed by atoms with Crippen molar-refractivity contribution in [2.75, 3.05) is 0 Å². The van der Waals surface area contributed by atoms with E-state index < -0.39 is 0 Å². The zero-order valence-corrected chi connectivity index (χ0v) is 27.1. The van der Waals surface area contributed by atoms with Gasteiger partial charge in [-0.1, -0.05) is 101 Å². The molecule has 2 saturated carbocycles. The topological polar surface area (TPSA) is 62.5 Å². The molecule has 45 heavy (non-hydrogen) atoms. The lowest BCUT2D eigenvalue weighted by Gasteiger charge is -2.50. The van der Waals surface area contributed by atoms with Gasteiger partial charge in [0, 0.05) is 16.7 Å². The fraction of sp³-hybridized carbons (Fsp3) is 0.366. The molecule has 2 aliphatic carbocycles. The molecule has 4 heteroatoms. The van der Waals surface area contributed by atoms with Crippen LogP contribution in [-0.2, 0) is 10.8 Å². The van der Waals surface area contributed by atoms with Crippen LogP contribution in [0.25, 0.3) is 44.9 Å². The van der Waals surface area contributed by atoms with E-state index >= 15 is 0 Å². The number of benzene rings is 4. The lowest BCUT2D eigenvalue weighted by atomic mass is 9.54. The van der Waals surface area contributed by atoms with Crippen molar-refractivity contribution in [1.29, 1.82) is 5.26 Å². The Labute approximate surface area is 267 Å². The van der Waals surface area contributed by atoms with Gasteiger partial charge in [0.25, 0.3) is 0 Å². The van der Waals surface area contributed by atoms with E-state index in [0.717, 1.165) is 45.2 Å². The summed E-state index contributed by atoms with van der Waals surface area (Å²) in [7, 11) is 0. The number of hydrogen-bond acceptors (Lipinski definition) is 4. The van der Waals surface area contributed by atoms with Crippen LogP contribution in [0.15, 0.2) is 84.9 Å². The molecular weight excluding hydrogens is 548 g/mol. The molecule has 0 radical (unpaired) electrons. The molecule has 2 unspecified atom stereocenters. The van der Waals surface area contributed by atoms with Crippen LogP contribution < -0.4 is 0 Å². The van der Waals surface area contributed by atoms with Gasteiger partial charge >= 0.3 is 0 Å². The number of hydrogen-bond donors (Lipinski definition) is 0. The number of fused-ring (bicyclic) bond motifs is 3. The lowest BCUT2D eigenvalue weighted by Crippen LogP contribution is -2.42. The fourth-order valence-corrected chi connectivity index (χ4v) is 8.37. The Balaban J connectivity index is 1.30. The van der Waals surface area contributed by atoms with Gasteiger partial charge in [0.05, 0.1) is 11.6 Å². The molecule has 4 nitrogen and oxygen atoms in total. The summed E-state index contributed by atoms with van der Waals surface area (Å²) >= 11 is 0. The SMILES string of the molecule is C[C@@H]1CC2C[C@H](C)CC(c3ccc(-c4nc(-c5ccc(C(C)(C)C)cc5)nc(-c5ccc6cc(C#N)ccc6c5)n4)cc3)(C2)C1. The summed E-state index contributed by atoms with van der Waals surface area (Å²) < 4.78 is 0. The van der Waals surface area contributed by atoms with Crippen LogP contribution in [0.1, 0.15) is 83.4 Å². The quantitative estimate of drug-likeness (QED) is 0.209. The zero-order chi connectivity index (χ0) is 31.3. The summed E-state index contributed by atoms with van der Waals surface area (Å²) in [6.07, 6.45) is 6.66. The van der Waals surface area contributed by atoms with Crippen LogP contribution in [0.2, 0.25) is 0 Å². The predicted octanol–water partition coefficient (Wildman–Crippen LogP) is 10.3. The Bertz CT molecular complexity index is 1890. The molecule has 0 amide bonds. The maximum atomic E-state index is 9.35. The highest BCUT2D eigenvalue weighted by Crippen LogP contribution is 2.54. The van der Waals surface area contributed by atoms with Gasteiger partial charge in [0.1, 0.15) is 0 Å². The summed E-state index contributed by atoms with van der Waals surface area (Å²) in [4.78, 5) is 15.1. The molecule has 1 heterocycles. The van der Waals surface area contributed by atoms with E-state index in [1.165, 1.54) is 43.2 Å². The minimum absolute atomic E-state index is 0.0674. The van der Waals surface area contributed by atoms with Gasteiger partial charge in [-0.3, -0.25) is 0 Å². The van der Waals surface area contributed by atoms with Crippen molar-refractivity contribution in [2.24, 2.45) is 17.8 Å². The van der Waals surface area contributed by atoms with Gasteiger partial charge in [0.2, 0.25) is 0 Å². The van der Waals surface area contributed by atoms with Gasteiger partial charge in [-0.05, 0) is 101 Å². The Kier molecular flexibility index (Phi) is 7.32. The van der Waals surface area contributed by atoms with Gasteiger partial charge in [-0.15, -0.1) is 0 Å². The average molecular weight is 591 g/mol. The van der Waals surface area contributed by atoms with Crippen LogP contribution >= 0.6 is 0 Å². The zero-order valence-electron chi connectivity index (χ0n) is 27.1. The molecule has 5 aromatic rings. The summed E-state index contributed by atoms with van der Waals surface area (Å²) in [5.74, 6) is 4.41. The molecule has 4 atom stereocenters. The van der Waals surface area contributed by atoms with Crippen molar-refractivity contribution < 1.29 is 0 Å². The van der Waals surface area contributed by atoms with Crippen molar-refractivity contribution in [1.82, 2.24) is 15.0 Å². The Hall–Kier alpha value is -4.36. The molecule has 0 aliphatic heterocycles. The highest BCUT2D eigenvalue weighted by atomic mass is 15.0. The first-order valence-electron chi connectivity index (χ1n) is 16.5. The largest absolute Gasteiger partial charge is 0.208 e. The molecule has 7 rings (SSSR count). The lowest BCUT2D eigenvalue weighted by molar-refractivity contribution is 0.0780. The van der Waals surface area contributed by atoms with E-state index in [9.17, 15) is 5.26 Å². The first kappa shape index (κ1) is 29.4. The molecule has 2 bridgehead atoms. The van der Waals surface area contributed by atoms with Gasteiger partial charge in [-0.25, -0.2) is 15.0 Å². The molecule has 0 N–H and O–H groups in total. The summed E-state index contributed by atoms with van der Waals surface area (Å²) in [6.45, 7) is 11.6. The van der Waals surface area contributed by atoms with Crippen LogP contribution in [0.3, 0.4) is 0 Å². The molecule has 2 fully saturated rings. The van der Waals surface area contributed by atoms with Crippen molar-refractivity contribution >= 4 is 10.8 Å². The third-order valence-corrected chi connectivity index (χ3v) is 10.3. The average Bonchev–Trinajstić information content (AvgIpc) is 3.03. The third-order valence-electron chi connectivity index (χ3n) is 10.3. The highest BCUT2D eigenvalue weighted by Gasteiger charge is 2.45. The van der Waals surface area contributed by atoms with E-state index in [-0.39, 0.29) is 5.41 Å². The van der Waals surface area contributed by atoms with Crippen LogP contribution in [0.5, 0.6) is 0 Å². The van der Waals surface area contributed by atoms with Crippen LogP contribution in [0, 0.1) is 29.1 Å². The Morgan fingerprint density at radius 2 is 1.16 bits per heavy atom. The Morgan fingerprint density at radius 1 is 0.644 bits per heavy atom. The number of aromatic nitrogens is 3. The van der Waals surface area contributed by atoms with E-state index in [2.05, 4.69) is 95.3 Å². The maximum Gasteiger partial charge on any atom is 0.164 e. The summed E-state index contributed by atoms with van der Waals surface area (Å²) in [6, 6.07) is 32.0. The third kappa shape index (κ3) is 5.77. The minimum Gasteiger partial charge on any atom is -0.208 e. The summed E-state index contributed by atoms with van der Waals surface area (Å²) in [5, 5.41) is 11.4. The second-order valence-corrected chi connectivity index (χ2v) is 15.0. The smallest absolute Gasteiger partial charge is 0.164 e. The van der Waals surface area contributed by atoms with E-state index in [4.69, 9.17) is 15.0 Å². The summed E-state index contributed by atoms with van der Waals surface area (Å²) in [5.41, 5.74) is 6.68. The highest BCUT2D eigenvalue weighted by molar-refractivity contribution is 5.87. The van der Waals surface area contributed by atoms with Crippen molar-refractivity contribution in [3.63, 3.8) is 0 Å². The van der Waals surface area contributed by atoms with Crippen molar-refractivity contribution in [3.05, 3.63) is 102 Å². The van der Waals surface area contributed by atoms with Crippen molar-refractivity contribution in [3.8, 4) is 40.2 Å². The van der Waals surface area contributed by atoms with E-state index in [1.54, 1.807) is 0 Å². The first-order chi connectivity index (χ1) is 21.6. The second kappa shape index (κ2) is 11.2. The molecule has 2 aliphatic rings. The fourth-order valence-electron chi connectivity index (χ4n) is 8.37. The molecule has 226 valence electrons. The number of nitrogens with zero attached hydrogens (tertiary/aromatic N) is 4. The van der Waals surface area contributed by atoms with Crippen LogP contribution in [0.4, 0.5) is 0 Å².